The summed E-state index contributed by atoms with van der Waals surface area (Å²) < 4.78 is 5.55. The van der Waals surface area contributed by atoms with Crippen LogP contribution in [0.1, 0.15) is 0 Å². The van der Waals surface area contributed by atoms with Crippen LogP contribution in [-0.2, 0) is 16.1 Å². The molecule has 1 aromatic heterocycles. The first-order valence-electron chi connectivity index (χ1n) is 8.07. The summed E-state index contributed by atoms with van der Waals surface area (Å²) in [5, 5.41) is 4.79. The third-order valence-corrected chi connectivity index (χ3v) is 4.86. The molecule has 1 saturated heterocycles. The van der Waals surface area contributed by atoms with Gasteiger partial charge in [-0.05, 0) is 18.2 Å². The second-order valence-corrected chi connectivity index (χ2v) is 6.65. The molecule has 0 bridgehead atoms. The molecule has 138 valence electrons. The minimum Gasteiger partial charge on any atom is -0.468 e. The molecule has 1 aromatic carbocycles. The minimum absolute atomic E-state index is 0.0557. The number of halogens is 2. The smallest absolute Gasteiger partial charge is 0.327 e. The Morgan fingerprint density at radius 2 is 1.88 bits per heavy atom. The van der Waals surface area contributed by atoms with Gasteiger partial charge in [0.05, 0.1) is 19.0 Å². The molecule has 3 rings (SSSR count). The zero-order valence-electron chi connectivity index (χ0n) is 14.2. The average Bonchev–Trinajstić information content (AvgIpc) is 2.66. The van der Waals surface area contributed by atoms with Crippen molar-refractivity contribution in [1.29, 1.82) is 0 Å². The predicted molar refractivity (Wildman–Crippen MR) is 101 cm³/mol. The van der Waals surface area contributed by atoms with Gasteiger partial charge in [-0.3, -0.25) is 9.59 Å². The van der Waals surface area contributed by atoms with Crippen LogP contribution in [0.4, 0.5) is 11.4 Å². The number of methoxy groups -OCH3 is 1. The van der Waals surface area contributed by atoms with Gasteiger partial charge in [0.2, 0.25) is 0 Å². The highest BCUT2D eigenvalue weighted by molar-refractivity contribution is 6.33. The van der Waals surface area contributed by atoms with E-state index < -0.39 is 11.5 Å². The van der Waals surface area contributed by atoms with E-state index in [1.54, 1.807) is 0 Å². The molecule has 0 amide bonds. The van der Waals surface area contributed by atoms with Gasteiger partial charge in [0.25, 0.3) is 5.56 Å². The largest absolute Gasteiger partial charge is 0.468 e. The van der Waals surface area contributed by atoms with E-state index >= 15 is 0 Å². The summed E-state index contributed by atoms with van der Waals surface area (Å²) in [7, 11) is 1.25. The van der Waals surface area contributed by atoms with Gasteiger partial charge in [-0.15, -0.1) is 0 Å². The molecule has 0 unspecified atom stereocenters. The van der Waals surface area contributed by atoms with Crippen molar-refractivity contribution >= 4 is 40.5 Å². The van der Waals surface area contributed by atoms with Crippen LogP contribution in [0, 0.1) is 0 Å². The van der Waals surface area contributed by atoms with Gasteiger partial charge in [0, 0.05) is 36.9 Å². The maximum absolute atomic E-state index is 12.3. The number of hydrogen-bond donors (Lipinski definition) is 0. The molecular weight excluding hydrogens is 379 g/mol. The summed E-state index contributed by atoms with van der Waals surface area (Å²) in [6, 6.07) is 7.71. The van der Waals surface area contributed by atoms with Gasteiger partial charge in [0.15, 0.2) is 0 Å². The SMILES string of the molecule is COC(=O)Cn1ncc(N2CCN(c3cccc(Cl)c3)CC2)c(Cl)c1=O. The summed E-state index contributed by atoms with van der Waals surface area (Å²) in [6.07, 6.45) is 1.52. The van der Waals surface area contributed by atoms with Crippen LogP contribution < -0.4 is 15.4 Å². The maximum Gasteiger partial charge on any atom is 0.327 e. The third-order valence-electron chi connectivity index (χ3n) is 4.27. The summed E-state index contributed by atoms with van der Waals surface area (Å²) in [6.45, 7) is 2.64. The van der Waals surface area contributed by atoms with Crippen LogP contribution in [0.2, 0.25) is 10.0 Å². The number of esters is 1. The topological polar surface area (TPSA) is 67.7 Å². The number of nitrogens with zero attached hydrogens (tertiary/aromatic N) is 4. The molecule has 2 aromatic rings. The first-order valence-corrected chi connectivity index (χ1v) is 8.83. The van der Waals surface area contributed by atoms with Crippen LogP contribution in [0.3, 0.4) is 0 Å². The molecule has 0 aliphatic carbocycles. The fourth-order valence-electron chi connectivity index (χ4n) is 2.85. The molecule has 0 saturated carbocycles. The number of rotatable bonds is 4. The van der Waals surface area contributed by atoms with Crippen molar-refractivity contribution in [1.82, 2.24) is 9.78 Å². The molecule has 7 nitrogen and oxygen atoms in total. The van der Waals surface area contributed by atoms with Gasteiger partial charge in [-0.1, -0.05) is 29.3 Å². The maximum atomic E-state index is 12.3. The number of hydrogen-bond acceptors (Lipinski definition) is 6. The van der Waals surface area contributed by atoms with E-state index in [0.29, 0.717) is 23.8 Å². The van der Waals surface area contributed by atoms with Crippen LogP contribution in [-0.4, -0.2) is 49.0 Å². The number of piperazine rings is 1. The number of carbonyl (C=O) groups is 1. The first-order chi connectivity index (χ1) is 12.5. The fraction of sp³-hybridized carbons (Fsp3) is 0.353. The molecule has 1 fully saturated rings. The molecule has 2 heterocycles. The highest BCUT2D eigenvalue weighted by atomic mass is 35.5. The zero-order valence-corrected chi connectivity index (χ0v) is 15.7. The Kier molecular flexibility index (Phi) is 5.68. The number of ether oxygens (including phenoxy) is 1. The molecule has 1 aliphatic rings. The number of benzene rings is 1. The molecule has 9 heteroatoms. The third kappa shape index (κ3) is 3.94. The van der Waals surface area contributed by atoms with Crippen LogP contribution in [0.25, 0.3) is 0 Å². The lowest BCUT2D eigenvalue weighted by Gasteiger charge is -2.37. The van der Waals surface area contributed by atoms with Crippen molar-refractivity contribution < 1.29 is 9.53 Å². The number of carbonyl (C=O) groups excluding carboxylic acids is 1. The lowest BCUT2D eigenvalue weighted by atomic mass is 10.2. The highest BCUT2D eigenvalue weighted by Crippen LogP contribution is 2.25. The van der Waals surface area contributed by atoms with Crippen LogP contribution >= 0.6 is 23.2 Å². The van der Waals surface area contributed by atoms with Crippen molar-refractivity contribution in [2.45, 2.75) is 6.54 Å². The average molecular weight is 397 g/mol. The van der Waals surface area contributed by atoms with Crippen molar-refractivity contribution in [2.75, 3.05) is 43.1 Å². The molecular formula is C17H18Cl2N4O3. The van der Waals surface area contributed by atoms with E-state index in [1.807, 2.05) is 29.2 Å². The number of aromatic nitrogens is 2. The Hall–Kier alpha value is -2.25. The normalized spacial score (nSPS) is 14.4. The van der Waals surface area contributed by atoms with E-state index in [2.05, 4.69) is 14.7 Å². The second kappa shape index (κ2) is 7.97. The Labute approximate surface area is 160 Å². The van der Waals surface area contributed by atoms with Crippen LogP contribution in [0.5, 0.6) is 0 Å². The van der Waals surface area contributed by atoms with Crippen molar-refractivity contribution in [3.8, 4) is 0 Å². The Balaban J connectivity index is 1.72. The Bertz CT molecular complexity index is 863. The molecule has 0 spiro atoms. The Morgan fingerprint density at radius 1 is 1.19 bits per heavy atom. The highest BCUT2D eigenvalue weighted by Gasteiger charge is 2.22. The fourth-order valence-corrected chi connectivity index (χ4v) is 3.31. The van der Waals surface area contributed by atoms with Crippen molar-refractivity contribution in [3.05, 3.63) is 50.9 Å². The van der Waals surface area contributed by atoms with E-state index in [4.69, 9.17) is 23.2 Å². The van der Waals surface area contributed by atoms with Crippen molar-refractivity contribution in [3.63, 3.8) is 0 Å². The summed E-state index contributed by atoms with van der Waals surface area (Å²) in [5.74, 6) is -0.557. The summed E-state index contributed by atoms with van der Waals surface area (Å²) in [5.41, 5.74) is 1.13. The van der Waals surface area contributed by atoms with E-state index in [9.17, 15) is 9.59 Å². The monoisotopic (exact) mass is 396 g/mol. The Morgan fingerprint density at radius 3 is 2.54 bits per heavy atom. The molecule has 0 radical (unpaired) electrons. The lowest BCUT2D eigenvalue weighted by molar-refractivity contribution is -0.141. The van der Waals surface area contributed by atoms with E-state index in [-0.39, 0.29) is 11.6 Å². The van der Waals surface area contributed by atoms with Gasteiger partial charge < -0.3 is 14.5 Å². The van der Waals surface area contributed by atoms with Crippen LogP contribution in [0.15, 0.2) is 35.3 Å². The standard InChI is InChI=1S/C17H18Cl2N4O3/c1-26-15(24)11-23-17(25)16(19)14(10-20-23)22-7-5-21(6-8-22)13-4-2-3-12(18)9-13/h2-4,9-10H,5-8,11H2,1H3. The summed E-state index contributed by atoms with van der Waals surface area (Å²) >= 11 is 12.3. The first kappa shape index (κ1) is 18.5. The van der Waals surface area contributed by atoms with Gasteiger partial charge in [-0.2, -0.15) is 5.10 Å². The summed E-state index contributed by atoms with van der Waals surface area (Å²) in [4.78, 5) is 27.9. The van der Waals surface area contributed by atoms with E-state index in [1.165, 1.54) is 13.3 Å². The number of anilines is 2. The van der Waals surface area contributed by atoms with Gasteiger partial charge in [0.1, 0.15) is 11.6 Å². The van der Waals surface area contributed by atoms with Gasteiger partial charge >= 0.3 is 5.97 Å². The minimum atomic E-state index is -0.557. The zero-order chi connectivity index (χ0) is 18.7. The molecule has 26 heavy (non-hydrogen) atoms. The van der Waals surface area contributed by atoms with E-state index in [0.717, 1.165) is 23.5 Å². The molecule has 0 atom stereocenters. The quantitative estimate of drug-likeness (QED) is 0.736. The lowest BCUT2D eigenvalue weighted by Crippen LogP contribution is -2.47. The second-order valence-electron chi connectivity index (χ2n) is 5.84. The van der Waals surface area contributed by atoms with Crippen molar-refractivity contribution in [2.24, 2.45) is 0 Å². The predicted octanol–water partition coefficient (Wildman–Crippen LogP) is 2.05. The van der Waals surface area contributed by atoms with Gasteiger partial charge in [-0.25, -0.2) is 4.68 Å². The molecule has 0 N–H and O–H groups in total. The molecule has 1 aliphatic heterocycles.